The number of hydrogen-bond donors (Lipinski definition) is 1. The predicted molar refractivity (Wildman–Crippen MR) is 104 cm³/mol. The molecule has 1 heterocycles. The van der Waals surface area contributed by atoms with Crippen LogP contribution in [0.4, 0.5) is 0 Å². The molecule has 0 atom stereocenters. The van der Waals surface area contributed by atoms with Crippen LogP contribution in [0.1, 0.15) is 36.1 Å². The zero-order valence-electron chi connectivity index (χ0n) is 14.5. The van der Waals surface area contributed by atoms with Crippen LogP contribution in [0.3, 0.4) is 0 Å². The van der Waals surface area contributed by atoms with Crippen molar-refractivity contribution in [3.05, 3.63) is 57.2 Å². The molecule has 1 aliphatic carbocycles. The maximum absolute atomic E-state index is 12.8. The second-order valence-electron chi connectivity index (χ2n) is 6.55. The van der Waals surface area contributed by atoms with Crippen molar-refractivity contribution in [3.8, 4) is 0 Å². The molecule has 1 aromatic heterocycles. The molecule has 0 unspecified atom stereocenters. The molecule has 1 aromatic carbocycles. The zero-order valence-corrected chi connectivity index (χ0v) is 16.1. The largest absolute Gasteiger partial charge is 0.455 e. The summed E-state index contributed by atoms with van der Waals surface area (Å²) in [5.74, 6) is -0.579. The third-order valence-corrected chi connectivity index (χ3v) is 6.04. The molecule has 1 N–H and O–H groups in total. The monoisotopic (exact) mass is 391 g/mol. The maximum atomic E-state index is 12.8. The molecule has 4 nitrogen and oxygen atoms in total. The van der Waals surface area contributed by atoms with E-state index < -0.39 is 5.41 Å². The predicted octanol–water partition coefficient (Wildman–Crippen LogP) is 4.12. The van der Waals surface area contributed by atoms with Gasteiger partial charge in [-0.15, -0.1) is 11.3 Å². The minimum Gasteiger partial charge on any atom is -0.455 e. The summed E-state index contributed by atoms with van der Waals surface area (Å²) < 4.78 is 5.38. The maximum Gasteiger partial charge on any atom is 0.317 e. The number of nitrogens with one attached hydrogen (secondary N) is 1. The third-order valence-electron chi connectivity index (χ3n) is 4.85. The Bertz CT molecular complexity index is 737. The highest BCUT2D eigenvalue weighted by Gasteiger charge is 2.44. The first-order valence-corrected chi connectivity index (χ1v) is 10.1. The van der Waals surface area contributed by atoms with Gasteiger partial charge in [-0.2, -0.15) is 0 Å². The normalized spacial score (nSPS) is 15.6. The fraction of sp³-hybridized carbons (Fsp3) is 0.400. The lowest BCUT2D eigenvalue weighted by molar-refractivity contribution is -0.154. The molecular formula is C20H22ClNO3S. The van der Waals surface area contributed by atoms with Gasteiger partial charge in [0, 0.05) is 16.4 Å². The number of carbonyl (C=O) groups excluding carboxylic acids is 2. The van der Waals surface area contributed by atoms with Crippen molar-refractivity contribution < 1.29 is 14.3 Å². The molecule has 1 fully saturated rings. The Morgan fingerprint density at radius 3 is 2.54 bits per heavy atom. The lowest BCUT2D eigenvalue weighted by Gasteiger charge is -2.27. The smallest absolute Gasteiger partial charge is 0.317 e. The average Bonchev–Trinajstić information content (AvgIpc) is 3.33. The van der Waals surface area contributed by atoms with Gasteiger partial charge in [-0.1, -0.05) is 42.6 Å². The van der Waals surface area contributed by atoms with E-state index in [0.717, 1.165) is 37.7 Å². The molecule has 1 saturated carbocycles. The highest BCUT2D eigenvalue weighted by atomic mass is 35.5. The summed E-state index contributed by atoms with van der Waals surface area (Å²) in [6.45, 7) is 0.303. The molecule has 1 aliphatic rings. The minimum atomic E-state index is -0.651. The molecule has 0 radical (unpaired) electrons. The summed E-state index contributed by atoms with van der Waals surface area (Å²) in [4.78, 5) is 26.0. The lowest BCUT2D eigenvalue weighted by atomic mass is 9.79. The van der Waals surface area contributed by atoms with Crippen LogP contribution in [0, 0.1) is 0 Å². The molecule has 2 aromatic rings. The number of thiophene rings is 1. The van der Waals surface area contributed by atoms with E-state index in [0.29, 0.717) is 11.6 Å². The van der Waals surface area contributed by atoms with Gasteiger partial charge in [0.1, 0.15) is 0 Å². The van der Waals surface area contributed by atoms with Gasteiger partial charge in [0.2, 0.25) is 0 Å². The van der Waals surface area contributed by atoms with E-state index in [1.54, 1.807) is 23.5 Å². The molecule has 26 heavy (non-hydrogen) atoms. The minimum absolute atomic E-state index is 0.237. The summed E-state index contributed by atoms with van der Waals surface area (Å²) in [5.41, 5.74) is 0.268. The fourth-order valence-electron chi connectivity index (χ4n) is 3.46. The van der Waals surface area contributed by atoms with Crippen molar-refractivity contribution in [1.29, 1.82) is 0 Å². The highest BCUT2D eigenvalue weighted by molar-refractivity contribution is 7.09. The van der Waals surface area contributed by atoms with Crippen molar-refractivity contribution in [1.82, 2.24) is 5.32 Å². The number of halogens is 1. The lowest BCUT2D eigenvalue weighted by Crippen LogP contribution is -2.38. The highest BCUT2D eigenvalue weighted by Crippen LogP contribution is 2.42. The number of hydrogen-bond acceptors (Lipinski definition) is 4. The van der Waals surface area contributed by atoms with Gasteiger partial charge in [-0.25, -0.2) is 0 Å². The number of esters is 1. The van der Waals surface area contributed by atoms with Crippen LogP contribution in [0.2, 0.25) is 5.02 Å². The topological polar surface area (TPSA) is 55.4 Å². The Morgan fingerprint density at radius 1 is 1.15 bits per heavy atom. The first-order valence-electron chi connectivity index (χ1n) is 8.82. The van der Waals surface area contributed by atoms with E-state index in [1.165, 1.54) is 4.88 Å². The Labute approximate surface area is 162 Å². The van der Waals surface area contributed by atoms with Crippen molar-refractivity contribution in [3.63, 3.8) is 0 Å². The molecule has 3 rings (SSSR count). The Hall–Kier alpha value is -1.85. The van der Waals surface area contributed by atoms with Crippen LogP contribution in [-0.4, -0.2) is 25.0 Å². The summed E-state index contributed by atoms with van der Waals surface area (Å²) in [7, 11) is 0. The van der Waals surface area contributed by atoms with Crippen LogP contribution >= 0.6 is 22.9 Å². The van der Waals surface area contributed by atoms with Gasteiger partial charge in [-0.3, -0.25) is 9.59 Å². The molecule has 1 amide bonds. The molecule has 0 saturated heterocycles. The first-order chi connectivity index (χ1) is 12.6. The first kappa shape index (κ1) is 18.9. The van der Waals surface area contributed by atoms with E-state index in [-0.39, 0.29) is 18.5 Å². The van der Waals surface area contributed by atoms with Crippen molar-refractivity contribution in [2.24, 2.45) is 0 Å². The SMILES string of the molecule is O=C(COC(=O)C1(c2ccc(Cl)cc2)CCCC1)NCCc1cccs1. The van der Waals surface area contributed by atoms with E-state index in [1.807, 2.05) is 29.6 Å². The molecule has 0 aliphatic heterocycles. The van der Waals surface area contributed by atoms with Crippen LogP contribution in [-0.2, 0) is 26.2 Å². The average molecular weight is 392 g/mol. The van der Waals surface area contributed by atoms with E-state index >= 15 is 0 Å². The third kappa shape index (κ3) is 4.46. The van der Waals surface area contributed by atoms with E-state index in [2.05, 4.69) is 5.32 Å². The molecule has 0 spiro atoms. The quantitative estimate of drug-likeness (QED) is 0.722. The summed E-state index contributed by atoms with van der Waals surface area (Å²) in [6, 6.07) is 11.4. The standard InChI is InChI=1S/C20H22ClNO3S/c21-16-7-5-15(6-8-16)20(10-1-2-11-20)19(24)25-14-18(23)22-12-9-17-4-3-13-26-17/h3-8,13H,1-2,9-12,14H2,(H,22,23). The van der Waals surface area contributed by atoms with Crippen molar-refractivity contribution in [2.45, 2.75) is 37.5 Å². The zero-order chi connectivity index (χ0) is 18.4. The van der Waals surface area contributed by atoms with Gasteiger partial charge in [0.25, 0.3) is 5.91 Å². The van der Waals surface area contributed by atoms with Gasteiger partial charge in [-0.05, 0) is 48.4 Å². The number of rotatable bonds is 7. The summed E-state index contributed by atoms with van der Waals surface area (Å²) in [5, 5.41) is 5.45. The van der Waals surface area contributed by atoms with E-state index in [9.17, 15) is 9.59 Å². The Morgan fingerprint density at radius 2 is 1.88 bits per heavy atom. The number of ether oxygens (including phenoxy) is 1. The van der Waals surface area contributed by atoms with Crippen LogP contribution < -0.4 is 5.32 Å². The second kappa shape index (κ2) is 8.69. The fourth-order valence-corrected chi connectivity index (χ4v) is 4.29. The van der Waals surface area contributed by atoms with Crippen LogP contribution in [0.15, 0.2) is 41.8 Å². The van der Waals surface area contributed by atoms with Gasteiger partial charge >= 0.3 is 5.97 Å². The summed E-state index contributed by atoms with van der Waals surface area (Å²) in [6.07, 6.45) is 4.22. The van der Waals surface area contributed by atoms with E-state index in [4.69, 9.17) is 16.3 Å². The molecule has 6 heteroatoms. The van der Waals surface area contributed by atoms with Gasteiger partial charge in [0.15, 0.2) is 6.61 Å². The number of amides is 1. The van der Waals surface area contributed by atoms with Crippen molar-refractivity contribution in [2.75, 3.05) is 13.2 Å². The number of carbonyl (C=O) groups is 2. The number of benzene rings is 1. The van der Waals surface area contributed by atoms with Crippen LogP contribution in [0.25, 0.3) is 0 Å². The Kier molecular flexibility index (Phi) is 6.33. The Balaban J connectivity index is 1.53. The van der Waals surface area contributed by atoms with Gasteiger partial charge in [0.05, 0.1) is 5.41 Å². The molecule has 0 bridgehead atoms. The summed E-state index contributed by atoms with van der Waals surface area (Å²) >= 11 is 7.62. The van der Waals surface area contributed by atoms with Gasteiger partial charge < -0.3 is 10.1 Å². The molecular weight excluding hydrogens is 370 g/mol. The second-order valence-corrected chi connectivity index (χ2v) is 8.02. The molecule has 138 valence electrons. The van der Waals surface area contributed by atoms with Crippen molar-refractivity contribution >= 4 is 34.8 Å². The van der Waals surface area contributed by atoms with Crippen LogP contribution in [0.5, 0.6) is 0 Å².